The highest BCUT2D eigenvalue weighted by Crippen LogP contribution is 2.34. The van der Waals surface area contributed by atoms with Gasteiger partial charge in [0.25, 0.3) is 0 Å². The molecule has 5 heteroatoms. The summed E-state index contributed by atoms with van der Waals surface area (Å²) in [6.45, 7) is 5.54. The fraction of sp³-hybridized carbons (Fsp3) is 0.667. The Balaban J connectivity index is 0.00000196. The van der Waals surface area contributed by atoms with Gasteiger partial charge in [-0.05, 0) is 56.6 Å². The van der Waals surface area contributed by atoms with Crippen molar-refractivity contribution < 1.29 is 9.53 Å². The fourth-order valence-corrected chi connectivity index (χ4v) is 4.95. The lowest BCUT2D eigenvalue weighted by Gasteiger charge is -2.40. The van der Waals surface area contributed by atoms with E-state index in [1.54, 1.807) is 0 Å². The van der Waals surface area contributed by atoms with Crippen LogP contribution >= 0.6 is 12.4 Å². The van der Waals surface area contributed by atoms with Crippen molar-refractivity contribution in [2.24, 2.45) is 5.92 Å². The number of rotatable bonds is 3. The molecule has 4 rings (SSSR count). The van der Waals surface area contributed by atoms with Gasteiger partial charge in [-0.2, -0.15) is 0 Å². The van der Waals surface area contributed by atoms with Crippen LogP contribution in [0.1, 0.15) is 56.3 Å². The number of piperidine rings is 1. The van der Waals surface area contributed by atoms with Crippen LogP contribution in [0.4, 0.5) is 0 Å². The van der Waals surface area contributed by atoms with E-state index in [0.717, 1.165) is 0 Å². The van der Waals surface area contributed by atoms with E-state index < -0.39 is 0 Å². The summed E-state index contributed by atoms with van der Waals surface area (Å²) in [5, 5.41) is 3.67. The van der Waals surface area contributed by atoms with Gasteiger partial charge in [0.1, 0.15) is 6.10 Å². The number of benzene rings is 1. The Morgan fingerprint density at radius 1 is 1.23 bits per heavy atom. The van der Waals surface area contributed by atoms with Gasteiger partial charge < -0.3 is 15.0 Å². The highest BCUT2D eigenvalue weighted by molar-refractivity contribution is 5.85. The van der Waals surface area contributed by atoms with E-state index in [-0.39, 0.29) is 24.6 Å². The van der Waals surface area contributed by atoms with Gasteiger partial charge in [0.15, 0.2) is 0 Å². The number of ether oxygens (including phenoxy) is 1. The molecule has 1 N–H and O–H groups in total. The Bertz CT molecular complexity index is 626. The minimum absolute atomic E-state index is 0. The molecule has 4 atom stereocenters. The SMILES string of the molecule is Cc1ccccc1C1CN(C(=O)CC2CC3CCC(C2)N3)C(C)CO1.Cl. The molecular formula is C21H31ClN2O2. The molecule has 144 valence electrons. The molecule has 4 unspecified atom stereocenters. The number of halogens is 1. The molecule has 0 saturated carbocycles. The Labute approximate surface area is 163 Å². The summed E-state index contributed by atoms with van der Waals surface area (Å²) in [6.07, 6.45) is 5.63. The average molecular weight is 379 g/mol. The van der Waals surface area contributed by atoms with Crippen LogP contribution in [0.3, 0.4) is 0 Å². The van der Waals surface area contributed by atoms with E-state index in [9.17, 15) is 4.79 Å². The number of nitrogens with zero attached hydrogens (tertiary/aromatic N) is 1. The first kappa shape index (κ1) is 19.7. The van der Waals surface area contributed by atoms with Gasteiger partial charge in [0, 0.05) is 18.5 Å². The maximum absolute atomic E-state index is 13.0. The first-order valence-electron chi connectivity index (χ1n) is 9.83. The maximum Gasteiger partial charge on any atom is 0.223 e. The first-order chi connectivity index (χ1) is 12.1. The number of nitrogens with one attached hydrogen (secondary N) is 1. The average Bonchev–Trinajstić information content (AvgIpc) is 2.94. The Morgan fingerprint density at radius 2 is 1.92 bits per heavy atom. The monoisotopic (exact) mass is 378 g/mol. The molecule has 3 saturated heterocycles. The van der Waals surface area contributed by atoms with Crippen molar-refractivity contribution in [2.45, 2.75) is 70.2 Å². The smallest absolute Gasteiger partial charge is 0.223 e. The van der Waals surface area contributed by atoms with Crippen LogP contribution in [-0.4, -0.2) is 42.1 Å². The minimum Gasteiger partial charge on any atom is -0.370 e. The predicted octanol–water partition coefficient (Wildman–Crippen LogP) is 3.63. The second-order valence-electron chi connectivity index (χ2n) is 8.25. The third kappa shape index (κ3) is 4.08. The van der Waals surface area contributed by atoms with Gasteiger partial charge in [-0.25, -0.2) is 0 Å². The highest BCUT2D eigenvalue weighted by Gasteiger charge is 2.37. The number of amides is 1. The summed E-state index contributed by atoms with van der Waals surface area (Å²) in [7, 11) is 0. The van der Waals surface area contributed by atoms with Crippen LogP contribution < -0.4 is 5.32 Å². The van der Waals surface area contributed by atoms with Gasteiger partial charge in [-0.1, -0.05) is 24.3 Å². The van der Waals surface area contributed by atoms with Crippen LogP contribution in [-0.2, 0) is 9.53 Å². The zero-order chi connectivity index (χ0) is 17.4. The number of carbonyl (C=O) groups is 1. The molecular weight excluding hydrogens is 348 g/mol. The summed E-state index contributed by atoms with van der Waals surface area (Å²) in [6, 6.07) is 9.83. The van der Waals surface area contributed by atoms with Crippen LogP contribution in [0.5, 0.6) is 0 Å². The summed E-state index contributed by atoms with van der Waals surface area (Å²) < 4.78 is 6.07. The highest BCUT2D eigenvalue weighted by atomic mass is 35.5. The van der Waals surface area contributed by atoms with Gasteiger partial charge in [-0.15, -0.1) is 12.4 Å². The van der Waals surface area contributed by atoms with Crippen LogP contribution in [0.2, 0.25) is 0 Å². The molecule has 1 aromatic carbocycles. The number of hydrogen-bond donors (Lipinski definition) is 1. The Morgan fingerprint density at radius 3 is 2.62 bits per heavy atom. The lowest BCUT2D eigenvalue weighted by molar-refractivity contribution is -0.145. The third-order valence-electron chi connectivity index (χ3n) is 6.32. The van der Waals surface area contributed by atoms with Gasteiger partial charge in [0.05, 0.1) is 19.2 Å². The second-order valence-corrected chi connectivity index (χ2v) is 8.25. The molecule has 0 aliphatic carbocycles. The molecule has 26 heavy (non-hydrogen) atoms. The van der Waals surface area contributed by atoms with Crippen LogP contribution in [0.15, 0.2) is 24.3 Å². The van der Waals surface area contributed by atoms with Crippen LogP contribution in [0.25, 0.3) is 0 Å². The largest absolute Gasteiger partial charge is 0.370 e. The first-order valence-corrected chi connectivity index (χ1v) is 9.83. The maximum atomic E-state index is 13.0. The summed E-state index contributed by atoms with van der Waals surface area (Å²) in [5.74, 6) is 0.874. The standard InChI is InChI=1S/C21H30N2O2.ClH/c1-14-5-3-4-6-19(14)20-12-23(15(2)13-25-20)21(24)11-16-9-17-7-8-18(10-16)22-17;/h3-6,15-18,20,22H,7-13H2,1-2H3;1H. The van der Waals surface area contributed by atoms with Crippen molar-refractivity contribution in [3.8, 4) is 0 Å². The van der Waals surface area contributed by atoms with Crippen molar-refractivity contribution in [1.82, 2.24) is 10.2 Å². The minimum atomic E-state index is 0. The quantitative estimate of drug-likeness (QED) is 0.873. The number of aryl methyl sites for hydroxylation is 1. The normalized spacial score (nSPS) is 33.6. The van der Waals surface area contributed by atoms with Gasteiger partial charge in [0.2, 0.25) is 5.91 Å². The molecule has 1 aromatic rings. The fourth-order valence-electron chi connectivity index (χ4n) is 4.95. The molecule has 0 spiro atoms. The lowest BCUT2D eigenvalue weighted by Crippen LogP contribution is -2.49. The molecule has 0 aromatic heterocycles. The van der Waals surface area contributed by atoms with E-state index in [4.69, 9.17) is 4.74 Å². The molecule has 2 bridgehead atoms. The van der Waals surface area contributed by atoms with E-state index in [0.29, 0.717) is 43.5 Å². The summed E-state index contributed by atoms with van der Waals surface area (Å²) in [4.78, 5) is 15.1. The van der Waals surface area contributed by atoms with Crippen molar-refractivity contribution in [3.63, 3.8) is 0 Å². The Kier molecular flexibility index (Phi) is 6.26. The number of carbonyl (C=O) groups excluding carboxylic acids is 1. The topological polar surface area (TPSA) is 41.6 Å². The number of hydrogen-bond acceptors (Lipinski definition) is 3. The molecule has 3 aliphatic rings. The molecule has 3 heterocycles. The zero-order valence-electron chi connectivity index (χ0n) is 15.8. The zero-order valence-corrected chi connectivity index (χ0v) is 16.6. The molecule has 0 radical (unpaired) electrons. The lowest BCUT2D eigenvalue weighted by atomic mass is 9.89. The van der Waals surface area contributed by atoms with Crippen molar-refractivity contribution in [3.05, 3.63) is 35.4 Å². The number of morpholine rings is 1. The van der Waals surface area contributed by atoms with Crippen molar-refractivity contribution in [1.29, 1.82) is 0 Å². The van der Waals surface area contributed by atoms with E-state index in [1.165, 1.54) is 36.8 Å². The summed E-state index contributed by atoms with van der Waals surface area (Å²) >= 11 is 0. The van der Waals surface area contributed by atoms with Crippen molar-refractivity contribution >= 4 is 18.3 Å². The molecule has 3 aliphatic heterocycles. The molecule has 4 nitrogen and oxygen atoms in total. The van der Waals surface area contributed by atoms with E-state index in [2.05, 4.69) is 48.3 Å². The molecule has 1 amide bonds. The van der Waals surface area contributed by atoms with Gasteiger partial charge in [-0.3, -0.25) is 4.79 Å². The van der Waals surface area contributed by atoms with Gasteiger partial charge >= 0.3 is 0 Å². The predicted molar refractivity (Wildman–Crippen MR) is 106 cm³/mol. The number of fused-ring (bicyclic) bond motifs is 2. The third-order valence-corrected chi connectivity index (χ3v) is 6.32. The summed E-state index contributed by atoms with van der Waals surface area (Å²) in [5.41, 5.74) is 2.46. The molecule has 3 fully saturated rings. The Hall–Kier alpha value is -1.10. The van der Waals surface area contributed by atoms with Crippen LogP contribution in [0, 0.1) is 12.8 Å². The van der Waals surface area contributed by atoms with E-state index >= 15 is 0 Å². The van der Waals surface area contributed by atoms with Crippen molar-refractivity contribution in [2.75, 3.05) is 13.2 Å². The van der Waals surface area contributed by atoms with E-state index in [1.807, 2.05) is 0 Å². The second kappa shape index (κ2) is 8.28.